The maximum Gasteiger partial charge on any atom is 0.139 e. The molecule has 5 heteroatoms. The molecule has 0 atom stereocenters. The zero-order valence-corrected chi connectivity index (χ0v) is 19.9. The molecule has 0 fully saturated rings. The average molecular weight is 479 g/mol. The number of aromatic nitrogens is 4. The molecule has 0 spiro atoms. The van der Waals surface area contributed by atoms with Crippen LogP contribution in [0, 0.1) is 0 Å². The van der Waals surface area contributed by atoms with Crippen molar-refractivity contribution in [2.75, 3.05) is 0 Å². The minimum atomic E-state index is 0.935. The van der Waals surface area contributed by atoms with E-state index in [9.17, 15) is 0 Å². The number of hydrogen-bond donors (Lipinski definition) is 0. The topological polar surface area (TPSA) is 43.1 Å². The van der Waals surface area contributed by atoms with Gasteiger partial charge in [0.15, 0.2) is 0 Å². The summed E-state index contributed by atoms with van der Waals surface area (Å²) in [5, 5.41) is 3.42. The number of benzene rings is 3. The molecule has 3 aromatic carbocycles. The summed E-state index contributed by atoms with van der Waals surface area (Å²) in [4.78, 5) is 15.4. The number of hydrogen-bond acceptors (Lipinski definition) is 4. The highest BCUT2D eigenvalue weighted by atomic mass is 32.1. The average Bonchev–Trinajstić information content (AvgIpc) is 3.49. The van der Waals surface area contributed by atoms with E-state index in [0.29, 0.717) is 0 Å². The number of nitrogens with zero attached hydrogens (tertiary/aromatic N) is 4. The summed E-state index contributed by atoms with van der Waals surface area (Å²) >= 11 is 1.80. The van der Waals surface area contributed by atoms with Gasteiger partial charge in [0.25, 0.3) is 0 Å². The van der Waals surface area contributed by atoms with Crippen LogP contribution in [0.15, 0.2) is 109 Å². The van der Waals surface area contributed by atoms with E-state index in [-0.39, 0.29) is 0 Å². The Balaban J connectivity index is 1.32. The predicted molar refractivity (Wildman–Crippen MR) is 150 cm³/mol. The summed E-state index contributed by atoms with van der Waals surface area (Å²) in [5.41, 5.74) is 8.54. The number of imidazole rings is 1. The second kappa shape index (κ2) is 7.44. The predicted octanol–water partition coefficient (Wildman–Crippen LogP) is 8.13. The number of thiophene rings is 1. The summed E-state index contributed by atoms with van der Waals surface area (Å²) in [6, 6.07) is 34.1. The van der Waals surface area contributed by atoms with Crippen molar-refractivity contribution >= 4 is 59.2 Å². The van der Waals surface area contributed by atoms with Crippen LogP contribution in [-0.4, -0.2) is 19.4 Å². The van der Waals surface area contributed by atoms with Gasteiger partial charge in [0.2, 0.25) is 0 Å². The molecule has 0 amide bonds. The minimum Gasteiger partial charge on any atom is -0.284 e. The number of fused-ring (bicyclic) bond motifs is 8. The Kier molecular flexibility index (Phi) is 4.07. The lowest BCUT2D eigenvalue weighted by Gasteiger charge is -2.11. The van der Waals surface area contributed by atoms with Gasteiger partial charge in [-0.3, -0.25) is 14.4 Å². The molecule has 8 aromatic rings. The van der Waals surface area contributed by atoms with Gasteiger partial charge in [-0.1, -0.05) is 60.7 Å². The molecule has 0 saturated heterocycles. The zero-order valence-electron chi connectivity index (χ0n) is 19.1. The molecular formula is C31H18N4S. The lowest BCUT2D eigenvalue weighted by atomic mass is 9.96. The molecule has 4 nitrogen and oxygen atoms in total. The number of pyridine rings is 3. The van der Waals surface area contributed by atoms with Gasteiger partial charge in [0.05, 0.1) is 16.7 Å². The van der Waals surface area contributed by atoms with Crippen LogP contribution >= 0.6 is 11.3 Å². The summed E-state index contributed by atoms with van der Waals surface area (Å²) < 4.78 is 3.55. The van der Waals surface area contributed by atoms with E-state index >= 15 is 0 Å². The van der Waals surface area contributed by atoms with Crippen molar-refractivity contribution in [2.45, 2.75) is 0 Å². The van der Waals surface area contributed by atoms with Gasteiger partial charge in [-0.05, 0) is 53.1 Å². The molecule has 5 heterocycles. The SMILES string of the molecule is c1cnc2c(c1)cc(-c1ccc(-c3cccc4nc5c6ccccc6sc5n34)cc1)c1cccnc12. The van der Waals surface area contributed by atoms with Gasteiger partial charge in [0.1, 0.15) is 16.0 Å². The van der Waals surface area contributed by atoms with E-state index in [1.165, 1.54) is 14.9 Å². The van der Waals surface area contributed by atoms with Crippen LogP contribution in [0.1, 0.15) is 0 Å². The molecule has 0 aliphatic heterocycles. The van der Waals surface area contributed by atoms with Crippen LogP contribution in [0.2, 0.25) is 0 Å². The highest BCUT2D eigenvalue weighted by Gasteiger charge is 2.15. The smallest absolute Gasteiger partial charge is 0.139 e. The van der Waals surface area contributed by atoms with Crippen molar-refractivity contribution < 1.29 is 0 Å². The van der Waals surface area contributed by atoms with Crippen molar-refractivity contribution in [2.24, 2.45) is 0 Å². The molecule has 36 heavy (non-hydrogen) atoms. The van der Waals surface area contributed by atoms with E-state index in [4.69, 9.17) is 4.98 Å². The molecule has 0 saturated carbocycles. The second-order valence-electron chi connectivity index (χ2n) is 8.94. The molecule has 0 radical (unpaired) electrons. The standard InChI is InChI=1S/C31H18N4S/c1-2-10-26-23(7-1)30-31(36-26)35-25(9-3-11-27(35)34-30)20-14-12-19(13-15-20)24-18-21-6-4-16-32-28(21)29-22(24)8-5-17-33-29/h1-18H. The molecule has 8 rings (SSSR count). The van der Waals surface area contributed by atoms with Crippen LogP contribution in [0.25, 0.3) is 70.3 Å². The fourth-order valence-corrected chi connectivity index (χ4v) is 6.42. The normalized spacial score (nSPS) is 11.9. The van der Waals surface area contributed by atoms with Crippen LogP contribution in [0.3, 0.4) is 0 Å². The first-order chi connectivity index (χ1) is 17.8. The lowest BCUT2D eigenvalue weighted by molar-refractivity contribution is 1.24. The van der Waals surface area contributed by atoms with Crippen molar-refractivity contribution in [3.8, 4) is 22.4 Å². The fraction of sp³-hybridized carbons (Fsp3) is 0. The van der Waals surface area contributed by atoms with Crippen molar-refractivity contribution in [3.63, 3.8) is 0 Å². The van der Waals surface area contributed by atoms with E-state index < -0.39 is 0 Å². The Morgan fingerprint density at radius 1 is 0.611 bits per heavy atom. The Morgan fingerprint density at radius 2 is 1.39 bits per heavy atom. The van der Waals surface area contributed by atoms with Gasteiger partial charge < -0.3 is 0 Å². The molecule has 0 aliphatic rings. The molecule has 168 valence electrons. The highest BCUT2D eigenvalue weighted by molar-refractivity contribution is 7.25. The van der Waals surface area contributed by atoms with Crippen molar-refractivity contribution in [1.29, 1.82) is 0 Å². The summed E-state index contributed by atoms with van der Waals surface area (Å²) in [7, 11) is 0. The van der Waals surface area contributed by atoms with Gasteiger partial charge in [0, 0.05) is 33.3 Å². The molecule has 0 unspecified atom stereocenters. The third-order valence-electron chi connectivity index (χ3n) is 6.90. The van der Waals surface area contributed by atoms with Crippen molar-refractivity contribution in [3.05, 3.63) is 109 Å². The fourth-order valence-electron chi connectivity index (χ4n) is 5.25. The van der Waals surface area contributed by atoms with Crippen LogP contribution < -0.4 is 0 Å². The van der Waals surface area contributed by atoms with Crippen molar-refractivity contribution in [1.82, 2.24) is 19.4 Å². The van der Waals surface area contributed by atoms with Gasteiger partial charge >= 0.3 is 0 Å². The zero-order chi connectivity index (χ0) is 23.6. The molecule has 0 bridgehead atoms. The van der Waals surface area contributed by atoms with E-state index in [2.05, 4.69) is 99.3 Å². The summed E-state index contributed by atoms with van der Waals surface area (Å²) in [6.07, 6.45) is 3.67. The summed E-state index contributed by atoms with van der Waals surface area (Å²) in [6.45, 7) is 0. The minimum absolute atomic E-state index is 0.935. The number of rotatable bonds is 2. The summed E-state index contributed by atoms with van der Waals surface area (Å²) in [5.74, 6) is 0. The Hall–Kier alpha value is -4.61. The van der Waals surface area contributed by atoms with E-state index in [0.717, 1.165) is 55.4 Å². The van der Waals surface area contributed by atoms with Gasteiger partial charge in [-0.2, -0.15) is 0 Å². The molecule has 0 N–H and O–H groups in total. The maximum absolute atomic E-state index is 4.98. The first-order valence-electron chi connectivity index (χ1n) is 11.9. The van der Waals surface area contributed by atoms with Crippen LogP contribution in [0.4, 0.5) is 0 Å². The Bertz CT molecular complexity index is 2100. The lowest BCUT2D eigenvalue weighted by Crippen LogP contribution is -1.92. The van der Waals surface area contributed by atoms with Gasteiger partial charge in [-0.25, -0.2) is 4.98 Å². The quantitative estimate of drug-likeness (QED) is 0.236. The first-order valence-corrected chi connectivity index (χ1v) is 12.7. The highest BCUT2D eigenvalue weighted by Crippen LogP contribution is 2.37. The van der Waals surface area contributed by atoms with Crippen LogP contribution in [-0.2, 0) is 0 Å². The monoisotopic (exact) mass is 478 g/mol. The Labute approximate surface area is 210 Å². The Morgan fingerprint density at radius 3 is 2.31 bits per heavy atom. The molecule has 0 aliphatic carbocycles. The second-order valence-corrected chi connectivity index (χ2v) is 9.98. The first kappa shape index (κ1) is 19.7. The van der Waals surface area contributed by atoms with E-state index in [1.807, 2.05) is 24.5 Å². The third kappa shape index (κ3) is 2.78. The van der Waals surface area contributed by atoms with Gasteiger partial charge in [-0.15, -0.1) is 11.3 Å². The third-order valence-corrected chi connectivity index (χ3v) is 8.05. The largest absolute Gasteiger partial charge is 0.284 e. The molecular weight excluding hydrogens is 460 g/mol. The maximum atomic E-state index is 4.98. The van der Waals surface area contributed by atoms with E-state index in [1.54, 1.807) is 11.3 Å². The van der Waals surface area contributed by atoms with Crippen LogP contribution in [0.5, 0.6) is 0 Å². The molecule has 5 aromatic heterocycles.